The smallest absolute Gasteiger partial charge is 0.250 e. The molecule has 1 aliphatic rings. The Kier molecular flexibility index (Phi) is 3.41. The number of nitrogens with two attached hydrogens (primary N) is 2. The van der Waals surface area contributed by atoms with Gasteiger partial charge in [-0.1, -0.05) is 19.3 Å². The van der Waals surface area contributed by atoms with Crippen LogP contribution in [-0.4, -0.2) is 16.4 Å². The summed E-state index contributed by atoms with van der Waals surface area (Å²) in [4.78, 5) is 15.4. The fraction of sp³-hybridized carbons (Fsp3) is 0.538. The van der Waals surface area contributed by atoms with Crippen molar-refractivity contribution in [3.8, 4) is 0 Å². The summed E-state index contributed by atoms with van der Waals surface area (Å²) in [5.74, 6) is -0.172. The van der Waals surface area contributed by atoms with Gasteiger partial charge in [0.15, 0.2) is 0 Å². The molecule has 0 radical (unpaired) electrons. The molecule has 0 bridgehead atoms. The molecule has 0 aromatic carbocycles. The Hall–Kier alpha value is -1.78. The summed E-state index contributed by atoms with van der Waals surface area (Å²) in [5.41, 5.74) is 12.1. The van der Waals surface area contributed by atoms with Crippen LogP contribution < -0.4 is 16.8 Å². The number of rotatable bonds is 3. The van der Waals surface area contributed by atoms with Crippen LogP contribution in [0.25, 0.3) is 0 Å². The van der Waals surface area contributed by atoms with Crippen molar-refractivity contribution in [3.05, 3.63) is 17.8 Å². The van der Waals surface area contributed by atoms with E-state index >= 15 is 0 Å². The number of nitrogens with zero attached hydrogens (tertiary/aromatic N) is 1. The van der Waals surface area contributed by atoms with Crippen LogP contribution in [-0.2, 0) is 0 Å². The van der Waals surface area contributed by atoms with Crippen LogP contribution in [0.1, 0.15) is 49.4 Å². The van der Waals surface area contributed by atoms with Crippen molar-refractivity contribution >= 4 is 17.4 Å². The van der Waals surface area contributed by atoms with Crippen molar-refractivity contribution in [2.45, 2.75) is 44.6 Å². The second-order valence-electron chi connectivity index (χ2n) is 5.27. The molecule has 0 spiro atoms. The average molecular weight is 248 g/mol. The number of carbonyl (C=O) groups is 1. The van der Waals surface area contributed by atoms with Crippen LogP contribution in [0, 0.1) is 0 Å². The van der Waals surface area contributed by atoms with E-state index in [0.717, 1.165) is 12.8 Å². The van der Waals surface area contributed by atoms with Gasteiger partial charge in [-0.25, -0.2) is 4.98 Å². The molecule has 0 atom stereocenters. The molecule has 1 aromatic rings. The predicted molar refractivity (Wildman–Crippen MR) is 72.3 cm³/mol. The summed E-state index contributed by atoms with van der Waals surface area (Å²) in [5, 5.41) is 3.42. The van der Waals surface area contributed by atoms with Gasteiger partial charge in [0.05, 0.1) is 17.4 Å². The zero-order valence-corrected chi connectivity index (χ0v) is 10.7. The molecule has 2 rings (SSSR count). The molecule has 5 heteroatoms. The molecule has 0 aliphatic heterocycles. The lowest BCUT2D eigenvalue weighted by Gasteiger charge is -2.35. The van der Waals surface area contributed by atoms with Gasteiger partial charge in [0.1, 0.15) is 5.82 Å². The number of hydrogen-bond acceptors (Lipinski definition) is 4. The lowest BCUT2D eigenvalue weighted by atomic mass is 9.83. The normalized spacial score (nSPS) is 18.3. The van der Waals surface area contributed by atoms with Crippen molar-refractivity contribution in [1.29, 1.82) is 0 Å². The summed E-state index contributed by atoms with van der Waals surface area (Å²) in [7, 11) is 0. The number of carbonyl (C=O) groups excluding carboxylic acids is 1. The fourth-order valence-electron chi connectivity index (χ4n) is 2.56. The Labute approximate surface area is 107 Å². The van der Waals surface area contributed by atoms with Crippen molar-refractivity contribution in [1.82, 2.24) is 4.98 Å². The summed E-state index contributed by atoms with van der Waals surface area (Å²) < 4.78 is 0. The van der Waals surface area contributed by atoms with Crippen molar-refractivity contribution in [2.24, 2.45) is 5.73 Å². The van der Waals surface area contributed by atoms with Crippen LogP contribution in [0.3, 0.4) is 0 Å². The third kappa shape index (κ3) is 2.72. The maximum Gasteiger partial charge on any atom is 0.250 e. The summed E-state index contributed by atoms with van der Waals surface area (Å²) in [6, 6.07) is 1.52. The highest BCUT2D eigenvalue weighted by molar-refractivity contribution is 5.99. The van der Waals surface area contributed by atoms with Crippen molar-refractivity contribution < 1.29 is 4.79 Å². The molecule has 1 heterocycles. The predicted octanol–water partition coefficient (Wildman–Crippen LogP) is 1.90. The lowest BCUT2D eigenvalue weighted by molar-refractivity contribution is 0.100. The van der Waals surface area contributed by atoms with E-state index in [-0.39, 0.29) is 5.54 Å². The number of nitrogen functional groups attached to an aromatic ring is 1. The highest BCUT2D eigenvalue weighted by Gasteiger charge is 2.27. The summed E-state index contributed by atoms with van der Waals surface area (Å²) >= 11 is 0. The van der Waals surface area contributed by atoms with Gasteiger partial charge in [-0.2, -0.15) is 0 Å². The third-order valence-electron chi connectivity index (χ3n) is 3.58. The number of pyridine rings is 1. The van der Waals surface area contributed by atoms with Crippen LogP contribution >= 0.6 is 0 Å². The number of nitrogens with one attached hydrogen (secondary N) is 1. The Bertz CT molecular complexity index is 452. The standard InChI is InChI=1S/C13H20N4O/c1-13(5-3-2-4-6-13)17-10-8-16-11(14)7-9(10)12(15)18/h7-8,17H,2-6H2,1H3,(H2,14,16)(H2,15,18). The lowest BCUT2D eigenvalue weighted by Crippen LogP contribution is -2.37. The van der Waals surface area contributed by atoms with Crippen molar-refractivity contribution in [3.63, 3.8) is 0 Å². The Morgan fingerprint density at radius 1 is 1.39 bits per heavy atom. The summed E-state index contributed by atoms with van der Waals surface area (Å²) in [6.07, 6.45) is 7.47. The quantitative estimate of drug-likeness (QED) is 0.761. The molecule has 1 saturated carbocycles. The van der Waals surface area contributed by atoms with E-state index in [2.05, 4.69) is 17.2 Å². The van der Waals surface area contributed by atoms with Crippen LogP contribution in [0.15, 0.2) is 12.3 Å². The molecule has 1 aromatic heterocycles. The molecule has 5 nitrogen and oxygen atoms in total. The van der Waals surface area contributed by atoms with Gasteiger partial charge in [0.2, 0.25) is 0 Å². The third-order valence-corrected chi connectivity index (χ3v) is 3.58. The Morgan fingerprint density at radius 3 is 2.67 bits per heavy atom. The topological polar surface area (TPSA) is 94.0 Å². The minimum atomic E-state index is -0.481. The maximum absolute atomic E-state index is 11.4. The van der Waals surface area contributed by atoms with Gasteiger partial charge in [-0.15, -0.1) is 0 Å². The highest BCUT2D eigenvalue weighted by atomic mass is 16.1. The zero-order valence-electron chi connectivity index (χ0n) is 10.7. The molecular weight excluding hydrogens is 228 g/mol. The van der Waals surface area contributed by atoms with Gasteiger partial charge in [-0.05, 0) is 25.8 Å². The van der Waals surface area contributed by atoms with Gasteiger partial charge < -0.3 is 16.8 Å². The van der Waals surface area contributed by atoms with Gasteiger partial charge in [-0.3, -0.25) is 4.79 Å². The van der Waals surface area contributed by atoms with Crippen LogP contribution in [0.2, 0.25) is 0 Å². The monoisotopic (exact) mass is 248 g/mol. The van der Waals surface area contributed by atoms with Gasteiger partial charge in [0.25, 0.3) is 5.91 Å². The average Bonchev–Trinajstić information content (AvgIpc) is 2.32. The second-order valence-corrected chi connectivity index (χ2v) is 5.27. The van der Waals surface area contributed by atoms with Crippen LogP contribution in [0.4, 0.5) is 11.5 Å². The molecule has 0 saturated heterocycles. The van der Waals surface area contributed by atoms with Gasteiger partial charge >= 0.3 is 0 Å². The van der Waals surface area contributed by atoms with E-state index in [9.17, 15) is 4.79 Å². The van der Waals surface area contributed by atoms with E-state index in [1.54, 1.807) is 6.20 Å². The molecule has 1 fully saturated rings. The van der Waals surface area contributed by atoms with Crippen molar-refractivity contribution in [2.75, 3.05) is 11.1 Å². The highest BCUT2D eigenvalue weighted by Crippen LogP contribution is 2.32. The number of aromatic nitrogens is 1. The molecule has 1 aliphatic carbocycles. The molecule has 0 unspecified atom stereocenters. The SMILES string of the molecule is CC1(Nc2cnc(N)cc2C(N)=O)CCCCC1. The van der Waals surface area contributed by atoms with E-state index in [4.69, 9.17) is 11.5 Å². The van der Waals surface area contributed by atoms with E-state index < -0.39 is 5.91 Å². The molecule has 5 N–H and O–H groups in total. The minimum absolute atomic E-state index is 0.0141. The maximum atomic E-state index is 11.4. The minimum Gasteiger partial charge on any atom is -0.384 e. The van der Waals surface area contributed by atoms with E-state index in [1.165, 1.54) is 25.3 Å². The number of anilines is 2. The first-order chi connectivity index (χ1) is 8.50. The van der Waals surface area contributed by atoms with Crippen LogP contribution in [0.5, 0.6) is 0 Å². The first kappa shape index (κ1) is 12.7. The number of amides is 1. The Balaban J connectivity index is 2.25. The molecule has 18 heavy (non-hydrogen) atoms. The summed E-state index contributed by atoms with van der Waals surface area (Å²) in [6.45, 7) is 2.17. The molecule has 98 valence electrons. The molecular formula is C13H20N4O. The van der Waals surface area contributed by atoms with E-state index in [0.29, 0.717) is 17.1 Å². The molecule has 1 amide bonds. The van der Waals surface area contributed by atoms with E-state index in [1.807, 2.05) is 0 Å². The number of primary amides is 1. The largest absolute Gasteiger partial charge is 0.384 e. The second kappa shape index (κ2) is 4.84. The van der Waals surface area contributed by atoms with Gasteiger partial charge in [0, 0.05) is 5.54 Å². The fourth-order valence-corrected chi connectivity index (χ4v) is 2.56. The Morgan fingerprint density at radius 2 is 2.06 bits per heavy atom. The number of hydrogen-bond donors (Lipinski definition) is 3. The zero-order chi connectivity index (χ0) is 13.2. The first-order valence-corrected chi connectivity index (χ1v) is 6.34. The first-order valence-electron chi connectivity index (χ1n) is 6.34.